The average molecular weight is 463 g/mol. The van der Waals surface area contributed by atoms with Gasteiger partial charge in [0.2, 0.25) is 6.79 Å². The molecule has 35 heavy (non-hydrogen) atoms. The van der Waals surface area contributed by atoms with E-state index in [9.17, 15) is 9.59 Å². The van der Waals surface area contributed by atoms with Crippen molar-refractivity contribution >= 4 is 34.0 Å². The summed E-state index contributed by atoms with van der Waals surface area (Å²) in [6.07, 6.45) is 0. The largest absolute Gasteiger partial charge is 0.454 e. The number of carbonyl (C=O) groups excluding carboxylic acids is 2. The van der Waals surface area contributed by atoms with Gasteiger partial charge in [-0.15, -0.1) is 0 Å². The number of carbonyl (C=O) groups is 2. The van der Waals surface area contributed by atoms with Crippen molar-refractivity contribution in [1.29, 1.82) is 0 Å². The number of rotatable bonds is 6. The highest BCUT2D eigenvalue weighted by molar-refractivity contribution is 6.24. The number of hydrazine groups is 1. The molecule has 2 heterocycles. The lowest BCUT2D eigenvalue weighted by molar-refractivity contribution is 0.0941. The molecule has 0 atom stereocenters. The van der Waals surface area contributed by atoms with E-state index in [1.807, 2.05) is 54.6 Å². The molecule has 0 fully saturated rings. The molecule has 172 valence electrons. The Bertz CT molecular complexity index is 1510. The summed E-state index contributed by atoms with van der Waals surface area (Å²) in [4.78, 5) is 27.4. The van der Waals surface area contributed by atoms with Crippen molar-refractivity contribution < 1.29 is 19.1 Å². The number of nitrogens with zero attached hydrogens (tertiary/aromatic N) is 1. The molecule has 2 amide bonds. The maximum Gasteiger partial charge on any atom is 0.269 e. The van der Waals surface area contributed by atoms with Crippen LogP contribution in [0.1, 0.15) is 31.8 Å². The van der Waals surface area contributed by atoms with E-state index in [1.165, 1.54) is 0 Å². The fourth-order valence-corrected chi connectivity index (χ4v) is 4.44. The van der Waals surface area contributed by atoms with Gasteiger partial charge in [0, 0.05) is 22.1 Å². The predicted molar refractivity (Wildman–Crippen MR) is 133 cm³/mol. The van der Waals surface area contributed by atoms with E-state index in [2.05, 4.69) is 17.4 Å². The van der Waals surface area contributed by atoms with Crippen molar-refractivity contribution in [2.45, 2.75) is 6.54 Å². The molecule has 7 heteroatoms. The van der Waals surface area contributed by atoms with E-state index in [-0.39, 0.29) is 18.6 Å². The minimum Gasteiger partial charge on any atom is -0.454 e. The van der Waals surface area contributed by atoms with Crippen molar-refractivity contribution in [2.24, 2.45) is 0 Å². The summed E-state index contributed by atoms with van der Waals surface area (Å²) in [5.74, 6) is 1.02. The van der Waals surface area contributed by atoms with Gasteiger partial charge in [-0.05, 0) is 53.4 Å². The third-order valence-electron chi connectivity index (χ3n) is 6.25. The Kier molecular flexibility index (Phi) is 4.88. The second kappa shape index (κ2) is 8.22. The molecule has 2 N–H and O–H groups in total. The molecular weight excluding hydrogens is 442 g/mol. The first-order valence-electron chi connectivity index (χ1n) is 11.2. The lowest BCUT2D eigenvalue weighted by Gasteiger charge is -2.18. The van der Waals surface area contributed by atoms with E-state index in [4.69, 9.17) is 9.47 Å². The summed E-state index contributed by atoms with van der Waals surface area (Å²) in [5.41, 5.74) is 9.86. The number of nitrogens with one attached hydrogen (secondary N) is 2. The smallest absolute Gasteiger partial charge is 0.269 e. The molecule has 0 aliphatic carbocycles. The monoisotopic (exact) mass is 463 g/mol. The molecule has 7 nitrogen and oxygen atoms in total. The second-order valence-electron chi connectivity index (χ2n) is 8.39. The van der Waals surface area contributed by atoms with Gasteiger partial charge in [-0.25, -0.2) is 0 Å². The fraction of sp³-hybridized carbons (Fsp3) is 0.0714. The second-order valence-corrected chi connectivity index (χ2v) is 8.39. The summed E-state index contributed by atoms with van der Waals surface area (Å²) in [5, 5.41) is 2.04. The first kappa shape index (κ1) is 20.8. The lowest BCUT2D eigenvalue weighted by atomic mass is 10.1. The molecule has 4 aromatic rings. The molecule has 0 bridgehead atoms. The van der Waals surface area contributed by atoms with Crippen molar-refractivity contribution in [3.8, 4) is 11.5 Å². The molecule has 0 radical (unpaired) electrons. The van der Waals surface area contributed by atoms with E-state index >= 15 is 0 Å². The van der Waals surface area contributed by atoms with Gasteiger partial charge >= 0.3 is 0 Å². The van der Waals surface area contributed by atoms with Crippen LogP contribution in [0, 0.1) is 0 Å². The van der Waals surface area contributed by atoms with Gasteiger partial charge in [-0.3, -0.25) is 20.4 Å². The van der Waals surface area contributed by atoms with Crippen LogP contribution in [0.25, 0.3) is 16.5 Å². The Hall–Kier alpha value is -4.78. The van der Waals surface area contributed by atoms with Gasteiger partial charge in [0.05, 0.1) is 17.9 Å². The fourth-order valence-electron chi connectivity index (χ4n) is 4.44. The topological polar surface area (TPSA) is 79.9 Å². The summed E-state index contributed by atoms with van der Waals surface area (Å²) in [6.45, 7) is 4.59. The van der Waals surface area contributed by atoms with E-state index in [0.29, 0.717) is 29.3 Å². The summed E-state index contributed by atoms with van der Waals surface area (Å²) in [7, 11) is 0. The molecule has 0 spiro atoms. The number of anilines is 1. The third-order valence-corrected chi connectivity index (χ3v) is 6.25. The molecule has 6 rings (SSSR count). The minimum atomic E-state index is -0.298. The third kappa shape index (κ3) is 3.63. The van der Waals surface area contributed by atoms with Gasteiger partial charge in [-0.1, -0.05) is 43.0 Å². The Labute approximate surface area is 201 Å². The zero-order valence-corrected chi connectivity index (χ0v) is 18.7. The van der Waals surface area contributed by atoms with Gasteiger partial charge in [0.25, 0.3) is 11.8 Å². The average Bonchev–Trinajstić information content (AvgIpc) is 3.47. The van der Waals surface area contributed by atoms with Crippen LogP contribution in [0.4, 0.5) is 5.69 Å². The predicted octanol–water partition coefficient (Wildman–Crippen LogP) is 4.63. The van der Waals surface area contributed by atoms with Gasteiger partial charge in [0.1, 0.15) is 0 Å². The number of benzene rings is 4. The highest BCUT2D eigenvalue weighted by Gasteiger charge is 2.29. The zero-order chi connectivity index (χ0) is 23.9. The Morgan fingerprint density at radius 3 is 2.46 bits per heavy atom. The molecule has 2 aliphatic rings. The van der Waals surface area contributed by atoms with Crippen LogP contribution in [-0.4, -0.2) is 18.6 Å². The first-order chi connectivity index (χ1) is 17.1. The SMILES string of the molecule is C=C(NNC(=O)c1ccc(CN2C(=O)c3cccc4cccc2c34)cc1)c1ccc2c(c1)OCO2. The molecule has 0 saturated heterocycles. The normalized spacial score (nSPS) is 13.3. The van der Waals surface area contributed by atoms with Crippen molar-refractivity contribution in [2.75, 3.05) is 11.7 Å². The Morgan fingerprint density at radius 1 is 0.886 bits per heavy atom. The van der Waals surface area contributed by atoms with Gasteiger partial charge in [-0.2, -0.15) is 0 Å². The molecule has 0 saturated carbocycles. The molecular formula is C28H21N3O4. The van der Waals surface area contributed by atoms with E-state index in [0.717, 1.165) is 33.2 Å². The highest BCUT2D eigenvalue weighted by atomic mass is 16.7. The highest BCUT2D eigenvalue weighted by Crippen LogP contribution is 2.38. The van der Waals surface area contributed by atoms with Crippen LogP contribution < -0.4 is 25.2 Å². The minimum absolute atomic E-state index is 0.00940. The Morgan fingerprint density at radius 2 is 1.63 bits per heavy atom. The number of hydrogen-bond donors (Lipinski definition) is 2. The quantitative estimate of drug-likeness (QED) is 0.408. The first-order valence-corrected chi connectivity index (χ1v) is 11.2. The number of fused-ring (bicyclic) bond motifs is 1. The van der Waals surface area contributed by atoms with Crippen molar-refractivity contribution in [3.63, 3.8) is 0 Å². The summed E-state index contributed by atoms with van der Waals surface area (Å²) < 4.78 is 10.7. The number of amides is 2. The standard InChI is InChI=1S/C28H21N3O4/c1-17(21-12-13-24-25(14-21)35-16-34-24)29-30-27(32)20-10-8-18(9-11-20)15-31-23-7-3-5-19-4-2-6-22(26(19)23)28(31)33/h2-14,29H,1,15-16H2,(H,30,32). The number of hydrogen-bond acceptors (Lipinski definition) is 5. The zero-order valence-electron chi connectivity index (χ0n) is 18.7. The van der Waals surface area contributed by atoms with Crippen molar-refractivity contribution in [3.05, 3.63) is 108 Å². The van der Waals surface area contributed by atoms with Crippen molar-refractivity contribution in [1.82, 2.24) is 10.9 Å². The van der Waals surface area contributed by atoms with E-state index < -0.39 is 0 Å². The maximum atomic E-state index is 13.0. The van der Waals surface area contributed by atoms with Crippen LogP contribution >= 0.6 is 0 Å². The molecule has 4 aromatic carbocycles. The lowest BCUT2D eigenvalue weighted by Crippen LogP contribution is -2.35. The summed E-state index contributed by atoms with van der Waals surface area (Å²) in [6, 6.07) is 24.4. The molecule has 0 aromatic heterocycles. The molecule has 0 unspecified atom stereocenters. The van der Waals surface area contributed by atoms with E-state index in [1.54, 1.807) is 29.2 Å². The Balaban J connectivity index is 1.11. The summed E-state index contributed by atoms with van der Waals surface area (Å²) >= 11 is 0. The van der Waals surface area contributed by atoms with Gasteiger partial charge in [0.15, 0.2) is 11.5 Å². The number of ether oxygens (including phenoxy) is 2. The van der Waals surface area contributed by atoms with Crippen LogP contribution in [0.5, 0.6) is 11.5 Å². The van der Waals surface area contributed by atoms with Crippen LogP contribution in [0.3, 0.4) is 0 Å². The van der Waals surface area contributed by atoms with Crippen LogP contribution in [-0.2, 0) is 6.54 Å². The maximum absolute atomic E-state index is 13.0. The van der Waals surface area contributed by atoms with Crippen LogP contribution in [0.15, 0.2) is 85.4 Å². The molecule has 2 aliphatic heterocycles. The van der Waals surface area contributed by atoms with Crippen LogP contribution in [0.2, 0.25) is 0 Å². The van der Waals surface area contributed by atoms with Gasteiger partial charge < -0.3 is 14.4 Å².